The first-order valence-electron chi connectivity index (χ1n) is 4.51. The molecule has 0 spiro atoms. The molecule has 2 aromatic rings. The molecule has 0 fully saturated rings. The van der Waals surface area contributed by atoms with E-state index in [9.17, 15) is 4.79 Å². The van der Waals surface area contributed by atoms with Crippen molar-refractivity contribution in [2.45, 2.75) is 6.92 Å². The summed E-state index contributed by atoms with van der Waals surface area (Å²) in [6, 6.07) is 6.39. The van der Waals surface area contributed by atoms with Gasteiger partial charge in [-0.2, -0.15) is 0 Å². The molecule has 0 saturated heterocycles. The summed E-state index contributed by atoms with van der Waals surface area (Å²) in [6.45, 7) is 1.70. The molecule has 82 valence electrons. The minimum absolute atomic E-state index is 0.134. The summed E-state index contributed by atoms with van der Waals surface area (Å²) in [5.41, 5.74) is 1.40. The number of rotatable bonds is 2. The first-order chi connectivity index (χ1) is 7.59. The number of carbonyl (C=O) groups is 1. The lowest BCUT2D eigenvalue weighted by molar-refractivity contribution is 0.107. The molecule has 0 saturated carbocycles. The number of halogens is 1. The Morgan fingerprint density at radius 1 is 1.38 bits per heavy atom. The average molecular weight is 238 g/mol. The lowest BCUT2D eigenvalue weighted by Crippen LogP contribution is -2.00. The van der Waals surface area contributed by atoms with E-state index >= 15 is 0 Å². The number of aromatic hydroxyl groups is 1. The highest BCUT2D eigenvalue weighted by Gasteiger charge is 2.14. The molecule has 0 aliphatic carbocycles. The number of phenolic OH excluding ortho intramolecular Hbond substituents is 1. The zero-order valence-electron chi connectivity index (χ0n) is 8.38. The molecule has 1 aromatic heterocycles. The second kappa shape index (κ2) is 3.94. The van der Waals surface area contributed by atoms with Gasteiger partial charge in [0.1, 0.15) is 5.75 Å². The zero-order valence-corrected chi connectivity index (χ0v) is 9.14. The first kappa shape index (κ1) is 10.6. The molecular weight excluding hydrogens is 230 g/mol. The van der Waals surface area contributed by atoms with Gasteiger partial charge in [-0.3, -0.25) is 4.79 Å². The summed E-state index contributed by atoms with van der Waals surface area (Å²) in [7, 11) is 0. The number of phenols is 1. The summed E-state index contributed by atoms with van der Waals surface area (Å²) in [5.74, 6) is 0.162. The third-order valence-electron chi connectivity index (χ3n) is 2.18. The number of nitrogens with zero attached hydrogens (tertiary/aromatic N) is 3. The molecule has 0 radical (unpaired) electrons. The molecule has 0 bridgehead atoms. The first-order valence-corrected chi connectivity index (χ1v) is 4.89. The van der Waals surface area contributed by atoms with Crippen LogP contribution in [0.15, 0.2) is 24.3 Å². The molecule has 1 heterocycles. The zero-order chi connectivity index (χ0) is 11.7. The van der Waals surface area contributed by atoms with Crippen molar-refractivity contribution in [1.82, 2.24) is 15.0 Å². The third kappa shape index (κ3) is 1.77. The lowest BCUT2D eigenvalue weighted by atomic mass is 10.3. The standard InChI is InChI=1S/C10H8ClN3O2/c1-6-9(10(11)16)12-13-14(6)7-2-4-8(15)5-3-7/h2-5,15H,1H3. The van der Waals surface area contributed by atoms with Crippen LogP contribution >= 0.6 is 11.6 Å². The minimum Gasteiger partial charge on any atom is -0.508 e. The van der Waals surface area contributed by atoms with Crippen LogP contribution in [0.1, 0.15) is 16.2 Å². The summed E-state index contributed by atoms with van der Waals surface area (Å²) >= 11 is 5.34. The number of carbonyl (C=O) groups excluding carboxylic acids is 1. The van der Waals surface area contributed by atoms with Crippen molar-refractivity contribution in [3.05, 3.63) is 35.7 Å². The molecule has 2 rings (SSSR count). The van der Waals surface area contributed by atoms with Gasteiger partial charge in [0.25, 0.3) is 5.24 Å². The van der Waals surface area contributed by atoms with Crippen LogP contribution in [0.3, 0.4) is 0 Å². The Labute approximate surface area is 96.3 Å². The molecule has 16 heavy (non-hydrogen) atoms. The van der Waals surface area contributed by atoms with Crippen molar-refractivity contribution >= 4 is 16.8 Å². The van der Waals surface area contributed by atoms with E-state index in [2.05, 4.69) is 10.3 Å². The minimum atomic E-state index is -0.637. The van der Waals surface area contributed by atoms with E-state index in [1.807, 2.05) is 0 Å². The monoisotopic (exact) mass is 237 g/mol. The number of hydrogen-bond acceptors (Lipinski definition) is 4. The largest absolute Gasteiger partial charge is 0.508 e. The highest BCUT2D eigenvalue weighted by atomic mass is 35.5. The molecule has 6 heteroatoms. The fourth-order valence-electron chi connectivity index (χ4n) is 1.35. The van der Waals surface area contributed by atoms with E-state index in [4.69, 9.17) is 16.7 Å². The molecule has 0 atom stereocenters. The lowest BCUT2D eigenvalue weighted by Gasteiger charge is -2.02. The van der Waals surface area contributed by atoms with Crippen LogP contribution < -0.4 is 0 Å². The Balaban J connectivity index is 2.49. The predicted octanol–water partition coefficient (Wildman–Crippen LogP) is 1.66. The maximum absolute atomic E-state index is 11.0. The SMILES string of the molecule is Cc1c(C(=O)Cl)nnn1-c1ccc(O)cc1. The second-order valence-corrected chi connectivity index (χ2v) is 3.57. The Hall–Kier alpha value is -1.88. The maximum atomic E-state index is 11.0. The highest BCUT2D eigenvalue weighted by Crippen LogP contribution is 2.16. The van der Waals surface area contributed by atoms with Crippen molar-refractivity contribution in [1.29, 1.82) is 0 Å². The van der Waals surface area contributed by atoms with Gasteiger partial charge in [0.15, 0.2) is 5.69 Å². The topological polar surface area (TPSA) is 68.0 Å². The molecule has 1 N–H and O–H groups in total. The predicted molar refractivity (Wildman–Crippen MR) is 57.9 cm³/mol. The smallest absolute Gasteiger partial charge is 0.274 e. The van der Waals surface area contributed by atoms with Crippen LogP contribution in [0.25, 0.3) is 5.69 Å². The molecule has 0 aliphatic rings. The molecule has 1 aromatic carbocycles. The molecule has 0 amide bonds. The van der Waals surface area contributed by atoms with Gasteiger partial charge in [-0.15, -0.1) is 5.10 Å². The summed E-state index contributed by atoms with van der Waals surface area (Å²) in [4.78, 5) is 11.0. The average Bonchev–Trinajstić information content (AvgIpc) is 2.61. The quantitative estimate of drug-likeness (QED) is 0.807. The van der Waals surface area contributed by atoms with Gasteiger partial charge in [-0.05, 0) is 42.8 Å². The maximum Gasteiger partial charge on any atom is 0.274 e. The van der Waals surface area contributed by atoms with Crippen LogP contribution in [0.2, 0.25) is 0 Å². The van der Waals surface area contributed by atoms with Crippen LogP contribution in [-0.2, 0) is 0 Å². The molecule has 5 nitrogen and oxygen atoms in total. The normalized spacial score (nSPS) is 10.4. The van der Waals surface area contributed by atoms with Gasteiger partial charge in [0.05, 0.1) is 11.4 Å². The van der Waals surface area contributed by atoms with Gasteiger partial charge in [-0.25, -0.2) is 4.68 Å². The molecule has 0 unspecified atom stereocenters. The fourth-order valence-corrected chi connectivity index (χ4v) is 1.52. The second-order valence-electron chi connectivity index (χ2n) is 3.23. The van der Waals surface area contributed by atoms with Crippen molar-refractivity contribution in [2.24, 2.45) is 0 Å². The number of benzene rings is 1. The van der Waals surface area contributed by atoms with Gasteiger partial charge in [-0.1, -0.05) is 5.21 Å². The van der Waals surface area contributed by atoms with Gasteiger partial charge in [0, 0.05) is 0 Å². The van der Waals surface area contributed by atoms with Crippen molar-refractivity contribution in [2.75, 3.05) is 0 Å². The van der Waals surface area contributed by atoms with Crippen LogP contribution in [0.4, 0.5) is 0 Å². The third-order valence-corrected chi connectivity index (χ3v) is 2.35. The molecular formula is C10H8ClN3O2. The van der Waals surface area contributed by atoms with E-state index in [1.54, 1.807) is 19.1 Å². The van der Waals surface area contributed by atoms with E-state index in [0.717, 1.165) is 0 Å². The summed E-state index contributed by atoms with van der Waals surface area (Å²) in [5, 5.41) is 16.0. The number of aromatic nitrogens is 3. The fraction of sp³-hybridized carbons (Fsp3) is 0.100. The Morgan fingerprint density at radius 3 is 2.50 bits per heavy atom. The van der Waals surface area contributed by atoms with Crippen LogP contribution in [0, 0.1) is 6.92 Å². The van der Waals surface area contributed by atoms with Crippen molar-refractivity contribution in [3.63, 3.8) is 0 Å². The Kier molecular flexibility index (Phi) is 2.62. The van der Waals surface area contributed by atoms with Crippen LogP contribution in [0.5, 0.6) is 5.75 Å². The van der Waals surface area contributed by atoms with Crippen LogP contribution in [-0.4, -0.2) is 25.3 Å². The van der Waals surface area contributed by atoms with E-state index in [1.165, 1.54) is 16.8 Å². The molecule has 0 aliphatic heterocycles. The summed E-state index contributed by atoms with van der Waals surface area (Å²) in [6.07, 6.45) is 0. The summed E-state index contributed by atoms with van der Waals surface area (Å²) < 4.78 is 1.48. The van der Waals surface area contributed by atoms with E-state index in [-0.39, 0.29) is 11.4 Å². The Morgan fingerprint density at radius 2 is 2.00 bits per heavy atom. The van der Waals surface area contributed by atoms with E-state index in [0.29, 0.717) is 11.4 Å². The van der Waals surface area contributed by atoms with Crippen molar-refractivity contribution in [3.8, 4) is 11.4 Å². The number of hydrogen-bond donors (Lipinski definition) is 1. The highest BCUT2D eigenvalue weighted by molar-refractivity contribution is 6.67. The van der Waals surface area contributed by atoms with Crippen molar-refractivity contribution < 1.29 is 9.90 Å². The van der Waals surface area contributed by atoms with Gasteiger partial charge in [0.2, 0.25) is 0 Å². The van der Waals surface area contributed by atoms with Gasteiger partial charge >= 0.3 is 0 Å². The Bertz CT molecular complexity index is 533. The van der Waals surface area contributed by atoms with E-state index < -0.39 is 5.24 Å². The van der Waals surface area contributed by atoms with Gasteiger partial charge < -0.3 is 5.11 Å².